The van der Waals surface area contributed by atoms with Crippen molar-refractivity contribution in [2.75, 3.05) is 19.8 Å². The summed E-state index contributed by atoms with van der Waals surface area (Å²) in [5, 5.41) is 15.3. The van der Waals surface area contributed by atoms with Gasteiger partial charge in [-0.3, -0.25) is 19.4 Å². The Bertz CT molecular complexity index is 697. The zero-order chi connectivity index (χ0) is 24.7. The SMILES string of the molecule is CC(NC(=O)C(CO)NC(=O)OC(C)(C)C)C(=O)N1CCCC(C(=O)OCC(Cl)(Cl)Cl)N1. The number of carbonyl (C=O) groups excluding carboxylic acids is 4. The average Bonchev–Trinajstić information content (AvgIpc) is 2.67. The van der Waals surface area contributed by atoms with Crippen molar-refractivity contribution in [2.24, 2.45) is 0 Å². The monoisotopic (exact) mass is 518 g/mol. The molecular formula is C18H29Cl3N4O7. The number of hydrazine groups is 1. The molecular weight excluding hydrogens is 491 g/mol. The normalized spacial score (nSPS) is 18.9. The Kier molecular flexibility index (Phi) is 10.8. The summed E-state index contributed by atoms with van der Waals surface area (Å²) in [5.74, 6) is -2.01. The van der Waals surface area contributed by atoms with Crippen LogP contribution in [0.5, 0.6) is 0 Å². The van der Waals surface area contributed by atoms with Gasteiger partial charge in [0.2, 0.25) is 9.70 Å². The van der Waals surface area contributed by atoms with E-state index >= 15 is 0 Å². The molecule has 0 spiro atoms. The van der Waals surface area contributed by atoms with Crippen molar-refractivity contribution in [2.45, 2.75) is 68.1 Å². The Morgan fingerprint density at radius 1 is 1.19 bits per heavy atom. The average molecular weight is 520 g/mol. The molecule has 11 nitrogen and oxygen atoms in total. The van der Waals surface area contributed by atoms with Gasteiger partial charge in [0.15, 0.2) is 0 Å². The summed E-state index contributed by atoms with van der Waals surface area (Å²) < 4.78 is 8.22. The largest absolute Gasteiger partial charge is 0.460 e. The van der Waals surface area contributed by atoms with Crippen molar-refractivity contribution in [3.8, 4) is 0 Å². The zero-order valence-corrected chi connectivity index (χ0v) is 20.5. The van der Waals surface area contributed by atoms with Gasteiger partial charge in [0.25, 0.3) is 5.91 Å². The summed E-state index contributed by atoms with van der Waals surface area (Å²) in [5.41, 5.74) is 1.94. The lowest BCUT2D eigenvalue weighted by Crippen LogP contribution is -2.61. The molecule has 1 rings (SSSR count). The highest BCUT2D eigenvalue weighted by atomic mass is 35.6. The molecule has 1 saturated heterocycles. The number of carbonyl (C=O) groups is 4. The maximum Gasteiger partial charge on any atom is 0.408 e. The number of rotatable bonds is 7. The Balaban J connectivity index is 2.63. The smallest absolute Gasteiger partial charge is 0.408 e. The molecule has 4 N–H and O–H groups in total. The molecule has 0 aliphatic carbocycles. The number of aliphatic hydroxyl groups excluding tert-OH is 1. The van der Waals surface area contributed by atoms with Crippen LogP contribution < -0.4 is 16.1 Å². The van der Waals surface area contributed by atoms with Crippen LogP contribution in [0.25, 0.3) is 0 Å². The number of ether oxygens (including phenoxy) is 2. The van der Waals surface area contributed by atoms with Crippen LogP contribution in [-0.4, -0.2) is 81.3 Å². The molecule has 0 saturated carbocycles. The van der Waals surface area contributed by atoms with Crippen LogP contribution >= 0.6 is 34.8 Å². The standard InChI is InChI=1S/C18H29Cl3N4O7/c1-10(22-13(27)12(8-26)23-16(30)32-17(2,3)4)14(28)25-7-5-6-11(24-25)15(29)31-9-18(19,20)21/h10-12,24,26H,5-9H2,1-4H3,(H,22,27)(H,23,30). The van der Waals surface area contributed by atoms with Crippen LogP contribution in [0, 0.1) is 0 Å². The first-order chi connectivity index (χ1) is 14.6. The van der Waals surface area contributed by atoms with Crippen molar-refractivity contribution in [1.82, 2.24) is 21.1 Å². The summed E-state index contributed by atoms with van der Waals surface area (Å²) >= 11 is 16.7. The molecule has 3 atom stereocenters. The third kappa shape index (κ3) is 10.4. The molecule has 1 aliphatic rings. The van der Waals surface area contributed by atoms with E-state index in [2.05, 4.69) is 16.1 Å². The van der Waals surface area contributed by atoms with Crippen molar-refractivity contribution in [1.29, 1.82) is 0 Å². The van der Waals surface area contributed by atoms with E-state index in [-0.39, 0.29) is 6.54 Å². The summed E-state index contributed by atoms with van der Waals surface area (Å²) in [6, 6.07) is -3.18. The van der Waals surface area contributed by atoms with Gasteiger partial charge in [0.1, 0.15) is 30.3 Å². The fraction of sp³-hybridized carbons (Fsp3) is 0.778. The number of aliphatic hydroxyl groups is 1. The van der Waals surface area contributed by atoms with E-state index in [4.69, 9.17) is 44.3 Å². The number of alkyl halides is 3. The highest BCUT2D eigenvalue weighted by molar-refractivity contribution is 6.67. The van der Waals surface area contributed by atoms with E-state index in [0.29, 0.717) is 12.8 Å². The van der Waals surface area contributed by atoms with Crippen molar-refractivity contribution in [3.05, 3.63) is 0 Å². The molecule has 3 amide bonds. The number of esters is 1. The maximum atomic E-state index is 12.7. The van der Waals surface area contributed by atoms with Gasteiger partial charge in [-0.1, -0.05) is 34.8 Å². The molecule has 0 aromatic heterocycles. The minimum atomic E-state index is -1.75. The Morgan fingerprint density at radius 2 is 1.81 bits per heavy atom. The lowest BCUT2D eigenvalue weighted by atomic mass is 10.1. The highest BCUT2D eigenvalue weighted by Crippen LogP contribution is 2.26. The topological polar surface area (TPSA) is 146 Å². The van der Waals surface area contributed by atoms with Gasteiger partial charge < -0.3 is 25.2 Å². The van der Waals surface area contributed by atoms with E-state index in [9.17, 15) is 24.3 Å². The predicted octanol–water partition coefficient (Wildman–Crippen LogP) is 0.786. The van der Waals surface area contributed by atoms with E-state index in [1.54, 1.807) is 20.8 Å². The molecule has 32 heavy (non-hydrogen) atoms. The second-order valence-corrected chi connectivity index (χ2v) is 10.7. The van der Waals surface area contributed by atoms with E-state index in [0.717, 1.165) is 0 Å². The molecule has 1 fully saturated rings. The van der Waals surface area contributed by atoms with Crippen LogP contribution in [0.3, 0.4) is 0 Å². The molecule has 3 unspecified atom stereocenters. The summed E-state index contributed by atoms with van der Waals surface area (Å²) in [6.45, 7) is 5.50. The summed E-state index contributed by atoms with van der Waals surface area (Å²) in [4.78, 5) is 49.1. The molecule has 1 heterocycles. The third-order valence-electron chi connectivity index (χ3n) is 4.03. The first kappa shape index (κ1) is 28.5. The lowest BCUT2D eigenvalue weighted by molar-refractivity contribution is -0.152. The maximum absolute atomic E-state index is 12.7. The number of nitrogens with zero attached hydrogens (tertiary/aromatic N) is 1. The third-order valence-corrected chi connectivity index (χ3v) is 4.36. The van der Waals surface area contributed by atoms with Gasteiger partial charge in [-0.15, -0.1) is 0 Å². The molecule has 184 valence electrons. The van der Waals surface area contributed by atoms with Crippen LogP contribution in [0.4, 0.5) is 4.79 Å². The van der Waals surface area contributed by atoms with Crippen LogP contribution in [-0.2, 0) is 23.9 Å². The number of amides is 3. The second-order valence-electron chi connectivity index (χ2n) is 8.15. The van der Waals surface area contributed by atoms with Crippen molar-refractivity contribution < 1.29 is 33.8 Å². The number of alkyl carbamates (subject to hydrolysis) is 1. The number of halogens is 3. The van der Waals surface area contributed by atoms with E-state index < -0.39 is 64.6 Å². The summed E-state index contributed by atoms with van der Waals surface area (Å²) in [6.07, 6.45) is 0.00161. The van der Waals surface area contributed by atoms with Crippen LogP contribution in [0.15, 0.2) is 0 Å². The highest BCUT2D eigenvalue weighted by Gasteiger charge is 2.34. The fourth-order valence-corrected chi connectivity index (χ4v) is 2.79. The van der Waals surface area contributed by atoms with Gasteiger partial charge in [0.05, 0.1) is 6.61 Å². The number of nitrogens with one attached hydrogen (secondary N) is 3. The number of hydrogen-bond donors (Lipinski definition) is 4. The van der Waals surface area contributed by atoms with Gasteiger partial charge in [-0.25, -0.2) is 10.2 Å². The fourth-order valence-electron chi connectivity index (χ4n) is 2.62. The minimum absolute atomic E-state index is 0.285. The first-order valence-electron chi connectivity index (χ1n) is 9.84. The first-order valence-corrected chi connectivity index (χ1v) is 11.0. The number of hydrogen-bond acceptors (Lipinski definition) is 8. The van der Waals surface area contributed by atoms with E-state index in [1.807, 2.05) is 0 Å². The Hall–Kier alpha value is -1.53. The molecule has 14 heteroatoms. The van der Waals surface area contributed by atoms with Crippen LogP contribution in [0.1, 0.15) is 40.5 Å². The lowest BCUT2D eigenvalue weighted by Gasteiger charge is -2.34. The van der Waals surface area contributed by atoms with Gasteiger partial charge in [0, 0.05) is 6.54 Å². The van der Waals surface area contributed by atoms with Crippen molar-refractivity contribution in [3.63, 3.8) is 0 Å². The molecule has 0 aromatic rings. The quantitative estimate of drug-likeness (QED) is 0.285. The minimum Gasteiger partial charge on any atom is -0.460 e. The molecule has 0 aromatic carbocycles. The molecule has 0 radical (unpaired) electrons. The Morgan fingerprint density at radius 3 is 2.34 bits per heavy atom. The molecule has 1 aliphatic heterocycles. The van der Waals surface area contributed by atoms with Gasteiger partial charge >= 0.3 is 12.1 Å². The van der Waals surface area contributed by atoms with Gasteiger partial charge in [-0.2, -0.15) is 0 Å². The van der Waals surface area contributed by atoms with Crippen molar-refractivity contribution >= 4 is 58.7 Å². The summed E-state index contributed by atoms with van der Waals surface area (Å²) in [7, 11) is 0. The second kappa shape index (κ2) is 12.1. The van der Waals surface area contributed by atoms with Crippen LogP contribution in [0.2, 0.25) is 0 Å². The van der Waals surface area contributed by atoms with Gasteiger partial charge in [-0.05, 0) is 40.5 Å². The zero-order valence-electron chi connectivity index (χ0n) is 18.2. The molecule has 0 bridgehead atoms. The van der Waals surface area contributed by atoms with E-state index in [1.165, 1.54) is 11.9 Å². The predicted molar refractivity (Wildman–Crippen MR) is 117 cm³/mol. The Labute approximate surface area is 201 Å².